The molecule has 26 heavy (non-hydrogen) atoms. The highest BCUT2D eigenvalue weighted by Crippen LogP contribution is 2.26. The lowest BCUT2D eigenvalue weighted by molar-refractivity contribution is -0.121. The van der Waals surface area contributed by atoms with Crippen LogP contribution in [0.2, 0.25) is 0 Å². The third-order valence-corrected chi connectivity index (χ3v) is 5.67. The van der Waals surface area contributed by atoms with Gasteiger partial charge in [-0.05, 0) is 70.9 Å². The highest BCUT2D eigenvalue weighted by molar-refractivity contribution is 5.75. The predicted molar refractivity (Wildman–Crippen MR) is 102 cm³/mol. The molecule has 0 radical (unpaired) electrons. The Kier molecular flexibility index (Phi) is 7.44. The third kappa shape index (κ3) is 5.52. The molecule has 3 rings (SSSR count). The molecule has 2 aliphatic rings. The number of carbonyl (C=O) groups is 1. The fourth-order valence-corrected chi connectivity index (χ4v) is 4.18. The monoisotopic (exact) mass is 361 g/mol. The van der Waals surface area contributed by atoms with Crippen LogP contribution in [0.1, 0.15) is 56.6 Å². The second kappa shape index (κ2) is 10.0. The van der Waals surface area contributed by atoms with Crippen LogP contribution < -0.4 is 5.32 Å². The molecule has 1 aromatic rings. The van der Waals surface area contributed by atoms with Crippen LogP contribution >= 0.6 is 0 Å². The molecule has 2 fully saturated rings. The van der Waals surface area contributed by atoms with Crippen LogP contribution in [0.4, 0.5) is 4.39 Å². The number of piperidine rings is 1. The van der Waals surface area contributed by atoms with Crippen LogP contribution in [0.15, 0.2) is 24.3 Å². The molecule has 4 nitrogen and oxygen atoms in total. The van der Waals surface area contributed by atoms with E-state index in [4.69, 9.17) is 0 Å². The molecule has 0 aromatic heterocycles. The largest absolute Gasteiger partial charge is 0.354 e. The molecular weight excluding hydrogens is 329 g/mol. The summed E-state index contributed by atoms with van der Waals surface area (Å²) < 4.78 is 14.3. The molecule has 1 atom stereocenters. The summed E-state index contributed by atoms with van der Waals surface area (Å²) in [6.45, 7) is 5.80. The number of nitrogens with one attached hydrogen (secondary N) is 1. The van der Waals surface area contributed by atoms with Crippen LogP contribution in [-0.2, 0) is 4.79 Å². The minimum atomic E-state index is -0.177. The normalized spacial score (nSPS) is 20.2. The van der Waals surface area contributed by atoms with E-state index < -0.39 is 0 Å². The number of benzene rings is 1. The predicted octanol–water partition coefficient (Wildman–Crippen LogP) is 3.34. The van der Waals surface area contributed by atoms with Crippen molar-refractivity contribution in [2.24, 2.45) is 0 Å². The quantitative estimate of drug-likeness (QED) is 0.771. The van der Waals surface area contributed by atoms with Crippen molar-refractivity contribution in [1.82, 2.24) is 15.1 Å². The summed E-state index contributed by atoms with van der Waals surface area (Å²) in [6, 6.07) is 6.89. The number of likely N-dealkylation sites (tertiary alicyclic amines) is 2. The van der Waals surface area contributed by atoms with Crippen molar-refractivity contribution >= 4 is 5.91 Å². The van der Waals surface area contributed by atoms with Crippen LogP contribution in [0, 0.1) is 5.82 Å². The van der Waals surface area contributed by atoms with Crippen molar-refractivity contribution in [1.29, 1.82) is 0 Å². The number of nitrogens with zero attached hydrogens (tertiary/aromatic N) is 2. The SMILES string of the molecule is O=C(CCCN1CCCCC1)NC[C@H](c1ccccc1F)N1CCCC1. The molecule has 1 aromatic carbocycles. The molecule has 144 valence electrons. The van der Waals surface area contributed by atoms with Crippen LogP contribution in [0.25, 0.3) is 0 Å². The number of hydrogen-bond donors (Lipinski definition) is 1. The Hall–Kier alpha value is -1.46. The first-order chi connectivity index (χ1) is 12.7. The van der Waals surface area contributed by atoms with Crippen molar-refractivity contribution in [3.8, 4) is 0 Å². The smallest absolute Gasteiger partial charge is 0.220 e. The summed E-state index contributed by atoms with van der Waals surface area (Å²) in [6.07, 6.45) is 7.66. The van der Waals surface area contributed by atoms with E-state index in [-0.39, 0.29) is 17.8 Å². The summed E-state index contributed by atoms with van der Waals surface area (Å²) in [4.78, 5) is 17.0. The summed E-state index contributed by atoms with van der Waals surface area (Å²) in [5.41, 5.74) is 0.697. The van der Waals surface area contributed by atoms with E-state index in [2.05, 4.69) is 15.1 Å². The maximum atomic E-state index is 14.3. The maximum Gasteiger partial charge on any atom is 0.220 e. The molecule has 0 bridgehead atoms. The standard InChI is InChI=1S/C21H32FN3O/c22-19-10-3-2-9-18(19)20(25-15-6-7-16-25)17-23-21(26)11-8-14-24-12-4-1-5-13-24/h2-3,9-10,20H,1,4-8,11-17H2,(H,23,26)/t20-/m1/s1. The van der Waals surface area contributed by atoms with Crippen LogP contribution in [0.3, 0.4) is 0 Å². The van der Waals surface area contributed by atoms with Gasteiger partial charge in [0.15, 0.2) is 0 Å². The molecule has 0 unspecified atom stereocenters. The number of carbonyl (C=O) groups excluding carboxylic acids is 1. The van der Waals surface area contributed by atoms with Gasteiger partial charge < -0.3 is 10.2 Å². The Labute approximate surface area is 156 Å². The van der Waals surface area contributed by atoms with Crippen molar-refractivity contribution in [2.75, 3.05) is 39.3 Å². The van der Waals surface area contributed by atoms with Gasteiger partial charge in [-0.3, -0.25) is 9.69 Å². The minimum Gasteiger partial charge on any atom is -0.354 e. The second-order valence-corrected chi connectivity index (χ2v) is 7.59. The fourth-order valence-electron chi connectivity index (χ4n) is 4.18. The maximum absolute atomic E-state index is 14.3. The Bertz CT molecular complexity index is 568. The fraction of sp³-hybridized carbons (Fsp3) is 0.667. The lowest BCUT2D eigenvalue weighted by atomic mass is 10.0. The zero-order valence-corrected chi connectivity index (χ0v) is 15.8. The molecule has 0 aliphatic carbocycles. The first-order valence-corrected chi connectivity index (χ1v) is 10.2. The molecule has 1 N–H and O–H groups in total. The van der Waals surface area contributed by atoms with E-state index >= 15 is 0 Å². The van der Waals surface area contributed by atoms with Crippen LogP contribution in [-0.4, -0.2) is 55.0 Å². The van der Waals surface area contributed by atoms with Gasteiger partial charge in [0.25, 0.3) is 0 Å². The number of rotatable bonds is 8. The Morgan fingerprint density at radius 3 is 2.46 bits per heavy atom. The molecule has 2 heterocycles. The van der Waals surface area contributed by atoms with Crippen molar-refractivity contribution in [3.05, 3.63) is 35.6 Å². The highest BCUT2D eigenvalue weighted by Gasteiger charge is 2.26. The Morgan fingerprint density at radius 2 is 1.73 bits per heavy atom. The third-order valence-electron chi connectivity index (χ3n) is 5.67. The average molecular weight is 362 g/mol. The van der Waals surface area contributed by atoms with E-state index in [1.165, 1.54) is 38.4 Å². The van der Waals surface area contributed by atoms with Gasteiger partial charge in [0.05, 0.1) is 6.04 Å². The lowest BCUT2D eigenvalue weighted by Crippen LogP contribution is -2.37. The van der Waals surface area contributed by atoms with Crippen molar-refractivity contribution in [3.63, 3.8) is 0 Å². The van der Waals surface area contributed by atoms with Gasteiger partial charge in [0, 0.05) is 18.5 Å². The number of halogens is 1. The molecular formula is C21H32FN3O. The molecule has 2 aliphatic heterocycles. The Morgan fingerprint density at radius 1 is 1.04 bits per heavy atom. The summed E-state index contributed by atoms with van der Waals surface area (Å²) in [5, 5.41) is 3.06. The summed E-state index contributed by atoms with van der Waals surface area (Å²) in [5.74, 6) is -0.0914. The minimum absolute atomic E-state index is 0.0651. The van der Waals surface area contributed by atoms with E-state index in [1.54, 1.807) is 6.07 Å². The van der Waals surface area contributed by atoms with E-state index in [0.717, 1.165) is 38.9 Å². The molecule has 1 amide bonds. The Balaban J connectivity index is 1.47. The first kappa shape index (κ1) is 19.3. The molecule has 0 saturated carbocycles. The molecule has 0 spiro atoms. The summed E-state index contributed by atoms with van der Waals surface area (Å²) >= 11 is 0. The van der Waals surface area contributed by atoms with Gasteiger partial charge in [0.2, 0.25) is 5.91 Å². The van der Waals surface area contributed by atoms with E-state index in [1.807, 2.05) is 12.1 Å². The van der Waals surface area contributed by atoms with Gasteiger partial charge in [-0.2, -0.15) is 0 Å². The van der Waals surface area contributed by atoms with Crippen LogP contribution in [0.5, 0.6) is 0 Å². The topological polar surface area (TPSA) is 35.6 Å². The van der Waals surface area contributed by atoms with Gasteiger partial charge in [-0.15, -0.1) is 0 Å². The second-order valence-electron chi connectivity index (χ2n) is 7.59. The van der Waals surface area contributed by atoms with Gasteiger partial charge in [-0.25, -0.2) is 4.39 Å². The zero-order valence-electron chi connectivity index (χ0n) is 15.8. The van der Waals surface area contributed by atoms with E-state index in [9.17, 15) is 9.18 Å². The van der Waals surface area contributed by atoms with Crippen molar-refractivity contribution < 1.29 is 9.18 Å². The zero-order chi connectivity index (χ0) is 18.2. The summed E-state index contributed by atoms with van der Waals surface area (Å²) in [7, 11) is 0. The molecule has 2 saturated heterocycles. The van der Waals surface area contributed by atoms with Crippen molar-refractivity contribution in [2.45, 2.75) is 51.0 Å². The number of hydrogen-bond acceptors (Lipinski definition) is 3. The first-order valence-electron chi connectivity index (χ1n) is 10.2. The molecule has 5 heteroatoms. The lowest BCUT2D eigenvalue weighted by Gasteiger charge is -2.28. The van der Waals surface area contributed by atoms with E-state index in [0.29, 0.717) is 18.5 Å². The van der Waals surface area contributed by atoms with Gasteiger partial charge >= 0.3 is 0 Å². The highest BCUT2D eigenvalue weighted by atomic mass is 19.1. The number of amides is 1. The average Bonchev–Trinajstić information content (AvgIpc) is 3.19. The van der Waals surface area contributed by atoms with Gasteiger partial charge in [-0.1, -0.05) is 24.6 Å². The van der Waals surface area contributed by atoms with Gasteiger partial charge in [0.1, 0.15) is 5.82 Å².